The lowest BCUT2D eigenvalue weighted by Gasteiger charge is -2.42. The summed E-state index contributed by atoms with van der Waals surface area (Å²) < 4.78 is 30.8. The fourth-order valence-electron chi connectivity index (χ4n) is 3.57. The van der Waals surface area contributed by atoms with Gasteiger partial charge in [0.05, 0.1) is 26.2 Å². The van der Waals surface area contributed by atoms with Gasteiger partial charge < -0.3 is 23.1 Å². The number of hydrogen-bond acceptors (Lipinski definition) is 6. The Morgan fingerprint density at radius 1 is 0.795 bits per heavy atom. The predicted octanol–water partition coefficient (Wildman–Crippen LogP) is 8.50. The number of carbonyl (C=O) groups excluding carboxylic acids is 1. The largest absolute Gasteiger partial charge is 0.497 e. The summed E-state index contributed by atoms with van der Waals surface area (Å²) in [6.45, 7) is 29.2. The maximum Gasteiger partial charge on any atom is 0.308 e. The second-order valence-corrected chi connectivity index (χ2v) is 24.2. The van der Waals surface area contributed by atoms with Crippen LogP contribution < -0.4 is 4.74 Å². The van der Waals surface area contributed by atoms with Gasteiger partial charge in [-0.3, -0.25) is 4.79 Å². The van der Waals surface area contributed by atoms with Crippen molar-refractivity contribution in [2.75, 3.05) is 13.7 Å². The molecule has 0 saturated heterocycles. The van der Waals surface area contributed by atoms with E-state index < -0.39 is 22.2 Å². The van der Waals surface area contributed by atoms with Crippen LogP contribution in [0.3, 0.4) is 0 Å². The van der Waals surface area contributed by atoms with Crippen LogP contribution in [0.4, 0.5) is 0 Å². The third-order valence-electron chi connectivity index (χ3n) is 7.89. The molecule has 0 N–H and O–H groups in total. The minimum Gasteiger partial charge on any atom is -0.497 e. The lowest BCUT2D eigenvalue weighted by atomic mass is 10.1. The topological polar surface area (TPSA) is 63.2 Å². The number of benzene rings is 1. The van der Waals surface area contributed by atoms with Gasteiger partial charge in [-0.1, -0.05) is 53.7 Å². The van der Waals surface area contributed by atoms with Crippen molar-refractivity contribution in [1.82, 2.24) is 0 Å². The smallest absolute Gasteiger partial charge is 0.308 e. The molecule has 0 saturated carbocycles. The molecule has 0 spiro atoms. The third kappa shape index (κ3) is 12.9. The highest BCUT2D eigenvalue weighted by atomic mass is 28.4. The maximum absolute atomic E-state index is 12.9. The molecule has 1 rings (SSSR count). The van der Waals surface area contributed by atoms with E-state index in [1.54, 1.807) is 7.11 Å². The Balaban J connectivity index is 3.09. The summed E-state index contributed by atoms with van der Waals surface area (Å²) in [4.78, 5) is 12.9. The first-order chi connectivity index (χ1) is 17.6. The van der Waals surface area contributed by atoms with Gasteiger partial charge in [0.15, 0.2) is 16.6 Å². The van der Waals surface area contributed by atoms with Crippen LogP contribution in [0.25, 0.3) is 0 Å². The molecule has 0 fully saturated rings. The minimum atomic E-state index is -2.14. The van der Waals surface area contributed by atoms with Gasteiger partial charge in [-0.15, -0.1) is 0 Å². The highest BCUT2D eigenvalue weighted by Gasteiger charge is 2.42. The molecule has 1 aromatic rings. The van der Waals surface area contributed by atoms with E-state index in [4.69, 9.17) is 23.1 Å². The number of hydrogen-bond donors (Lipinski definition) is 0. The van der Waals surface area contributed by atoms with E-state index in [1.807, 2.05) is 45.0 Å². The van der Waals surface area contributed by atoms with Crippen molar-refractivity contribution in [1.29, 1.82) is 0 Å². The molecule has 8 heteroatoms. The summed E-state index contributed by atoms with van der Waals surface area (Å²) in [7, 11) is -2.55. The molecule has 6 nitrogen and oxygen atoms in total. The lowest BCUT2D eigenvalue weighted by Crippen LogP contribution is -2.48. The molecule has 0 aliphatic heterocycles. The molecule has 0 amide bonds. The van der Waals surface area contributed by atoms with Crippen LogP contribution in [0.15, 0.2) is 24.3 Å². The summed E-state index contributed by atoms with van der Waals surface area (Å²) in [5.74, 6) is 0.604. The summed E-state index contributed by atoms with van der Waals surface area (Å²) in [5.41, 5.74) is 0.562. The van der Waals surface area contributed by atoms with Crippen molar-refractivity contribution in [3.05, 3.63) is 29.8 Å². The molecule has 1 aromatic carbocycles. The Morgan fingerprint density at radius 3 is 1.72 bits per heavy atom. The quantitative estimate of drug-likeness (QED) is 0.124. The van der Waals surface area contributed by atoms with Gasteiger partial charge in [-0.25, -0.2) is 0 Å². The fourth-order valence-corrected chi connectivity index (χ4v) is 6.34. The zero-order valence-corrected chi connectivity index (χ0v) is 29.4. The molecule has 226 valence electrons. The van der Waals surface area contributed by atoms with Crippen molar-refractivity contribution in [3.63, 3.8) is 0 Å². The van der Waals surface area contributed by atoms with Crippen LogP contribution >= 0.6 is 0 Å². The van der Waals surface area contributed by atoms with Gasteiger partial charge in [0.1, 0.15) is 11.4 Å². The molecule has 0 bridgehead atoms. The second-order valence-electron chi connectivity index (χ2n) is 14.7. The molecule has 0 radical (unpaired) electrons. The van der Waals surface area contributed by atoms with Crippen molar-refractivity contribution < 1.29 is 27.9 Å². The number of methoxy groups -OCH3 is 1. The minimum absolute atomic E-state index is 0.0242. The van der Waals surface area contributed by atoms with Gasteiger partial charge in [0, 0.05) is 12.7 Å². The summed E-state index contributed by atoms with van der Waals surface area (Å²) >= 11 is 0. The Morgan fingerprint density at radius 2 is 1.28 bits per heavy atom. The summed E-state index contributed by atoms with van der Waals surface area (Å²) in [6, 6.07) is 7.93. The summed E-state index contributed by atoms with van der Waals surface area (Å²) in [6.07, 6.45) is 1.21. The molecule has 0 unspecified atom stereocenters. The third-order valence-corrected chi connectivity index (χ3v) is 17.0. The monoisotopic (exact) mass is 582 g/mol. The zero-order chi connectivity index (χ0) is 30.3. The molecule has 0 aliphatic carbocycles. The molecule has 0 aliphatic rings. The zero-order valence-electron chi connectivity index (χ0n) is 27.4. The first-order valence-electron chi connectivity index (χ1n) is 14.3. The van der Waals surface area contributed by atoms with Crippen molar-refractivity contribution in [3.8, 4) is 5.75 Å². The van der Waals surface area contributed by atoms with Gasteiger partial charge in [-0.05, 0) is 87.6 Å². The van der Waals surface area contributed by atoms with Gasteiger partial charge >= 0.3 is 5.97 Å². The van der Waals surface area contributed by atoms with Crippen LogP contribution in [-0.2, 0) is 29.7 Å². The summed E-state index contributed by atoms with van der Waals surface area (Å²) in [5, 5.41) is 0.0899. The Labute approximate surface area is 241 Å². The lowest BCUT2D eigenvalue weighted by molar-refractivity contribution is -0.157. The van der Waals surface area contributed by atoms with Gasteiger partial charge in [0.2, 0.25) is 0 Å². The average Bonchev–Trinajstić information content (AvgIpc) is 2.73. The van der Waals surface area contributed by atoms with Gasteiger partial charge in [0.25, 0.3) is 0 Å². The second kappa shape index (κ2) is 14.1. The van der Waals surface area contributed by atoms with E-state index in [2.05, 4.69) is 67.7 Å². The number of esters is 1. The highest BCUT2D eigenvalue weighted by molar-refractivity contribution is 6.74. The fraction of sp³-hybridized carbons (Fsp3) is 0.774. The number of rotatable bonds is 14. The number of ether oxygens (including phenoxy) is 3. The van der Waals surface area contributed by atoms with Gasteiger partial charge in [-0.2, -0.15) is 0 Å². The van der Waals surface area contributed by atoms with Crippen molar-refractivity contribution in [2.45, 2.75) is 142 Å². The predicted molar refractivity (Wildman–Crippen MR) is 166 cm³/mol. The molecule has 39 heavy (non-hydrogen) atoms. The first kappa shape index (κ1) is 35.8. The van der Waals surface area contributed by atoms with Crippen LogP contribution in [0.5, 0.6) is 5.75 Å². The van der Waals surface area contributed by atoms with Crippen LogP contribution in [0.2, 0.25) is 36.3 Å². The Hall–Kier alpha value is -1.20. The van der Waals surface area contributed by atoms with Crippen LogP contribution in [0, 0.1) is 0 Å². The van der Waals surface area contributed by atoms with E-state index >= 15 is 0 Å². The number of carbonyl (C=O) groups is 1. The Bertz CT molecular complexity index is 876. The van der Waals surface area contributed by atoms with Crippen LogP contribution in [0.1, 0.15) is 87.1 Å². The molecule has 0 heterocycles. The normalized spacial score (nSPS) is 15.1. The van der Waals surface area contributed by atoms with E-state index in [9.17, 15) is 4.79 Å². The Kier molecular flexibility index (Phi) is 13.0. The first-order valence-corrected chi connectivity index (χ1v) is 20.2. The molecular weight excluding hydrogens is 525 g/mol. The van der Waals surface area contributed by atoms with E-state index in [0.29, 0.717) is 19.6 Å². The van der Waals surface area contributed by atoms with Crippen LogP contribution in [-0.4, -0.2) is 54.1 Å². The van der Waals surface area contributed by atoms with E-state index in [1.165, 1.54) is 0 Å². The average molecular weight is 583 g/mol. The van der Waals surface area contributed by atoms with E-state index in [-0.39, 0.29) is 34.7 Å². The van der Waals surface area contributed by atoms with E-state index in [0.717, 1.165) is 17.7 Å². The molecule has 2 atom stereocenters. The molecule has 0 aromatic heterocycles. The standard InChI is InChI=1S/C31H58O6Si2/c1-29(2,3)35-28(32)22-27(37-39(13,14)31(7,8)9)21-26(36-38(11,12)30(4,5)6)19-20-34-23-24-15-17-25(33-10)18-16-24/h15-18,26-27H,19-23H2,1-14H3/t26-,27+/m1/s1. The highest BCUT2D eigenvalue weighted by Crippen LogP contribution is 2.40. The SMILES string of the molecule is COc1ccc(COCC[C@H](C[C@@H](CC(=O)OC(C)(C)C)O[Si](C)(C)C(C)(C)C)O[Si](C)(C)C(C)(C)C)cc1. The van der Waals surface area contributed by atoms with Crippen molar-refractivity contribution >= 4 is 22.6 Å². The maximum atomic E-state index is 12.9. The van der Waals surface area contributed by atoms with Crippen molar-refractivity contribution in [2.24, 2.45) is 0 Å². The molecular formula is C31H58O6Si2.